The van der Waals surface area contributed by atoms with Crippen LogP contribution in [-0.4, -0.2) is 34.4 Å². The molecule has 1 aromatic heterocycles. The Hall–Kier alpha value is -1.56. The minimum Gasteiger partial charge on any atom is -0.396 e. The topological polar surface area (TPSA) is 78.3 Å². The van der Waals surface area contributed by atoms with E-state index in [4.69, 9.17) is 5.11 Å². The molecule has 0 aliphatic carbocycles. The van der Waals surface area contributed by atoms with E-state index >= 15 is 0 Å². The largest absolute Gasteiger partial charge is 0.396 e. The van der Waals surface area contributed by atoms with Gasteiger partial charge in [0.05, 0.1) is 0 Å². The van der Waals surface area contributed by atoms with Crippen molar-refractivity contribution in [1.82, 2.24) is 9.55 Å². The van der Waals surface area contributed by atoms with Gasteiger partial charge in [-0.1, -0.05) is 0 Å². The van der Waals surface area contributed by atoms with E-state index in [-0.39, 0.29) is 18.1 Å². The first kappa shape index (κ1) is 11.9. The van der Waals surface area contributed by atoms with Gasteiger partial charge in [0, 0.05) is 32.8 Å². The molecule has 2 N–H and O–H groups in total. The first-order chi connectivity index (χ1) is 8.11. The van der Waals surface area contributed by atoms with Crippen LogP contribution in [0.1, 0.15) is 12.8 Å². The molecule has 0 spiro atoms. The number of aliphatic hydroxyl groups is 1. The van der Waals surface area contributed by atoms with Crippen molar-refractivity contribution < 1.29 is 5.11 Å². The Kier molecular flexibility index (Phi) is 3.33. The third-order valence-corrected chi connectivity index (χ3v) is 3.25. The molecule has 6 heteroatoms. The van der Waals surface area contributed by atoms with Crippen LogP contribution < -0.4 is 16.1 Å². The van der Waals surface area contributed by atoms with Crippen molar-refractivity contribution in [2.24, 2.45) is 13.0 Å². The van der Waals surface area contributed by atoms with E-state index in [1.807, 2.05) is 4.90 Å². The van der Waals surface area contributed by atoms with E-state index in [0.717, 1.165) is 24.0 Å². The van der Waals surface area contributed by atoms with Crippen molar-refractivity contribution in [3.63, 3.8) is 0 Å². The SMILES string of the molecule is Cn1c(=O)cc(N2CCCC(CO)C2)[nH]c1=O. The maximum atomic E-state index is 11.5. The number of hydrogen-bond donors (Lipinski definition) is 2. The molecular weight excluding hydrogens is 222 g/mol. The van der Waals surface area contributed by atoms with Crippen molar-refractivity contribution in [3.05, 3.63) is 26.9 Å². The van der Waals surface area contributed by atoms with Gasteiger partial charge >= 0.3 is 5.69 Å². The van der Waals surface area contributed by atoms with Crippen LogP contribution in [0.25, 0.3) is 0 Å². The zero-order valence-electron chi connectivity index (χ0n) is 9.85. The van der Waals surface area contributed by atoms with Crippen molar-refractivity contribution in [2.45, 2.75) is 12.8 Å². The smallest absolute Gasteiger partial charge is 0.329 e. The highest BCUT2D eigenvalue weighted by Crippen LogP contribution is 2.19. The Balaban J connectivity index is 2.28. The molecule has 1 aromatic rings. The second-order valence-electron chi connectivity index (χ2n) is 4.49. The summed E-state index contributed by atoms with van der Waals surface area (Å²) in [4.78, 5) is 27.6. The summed E-state index contributed by atoms with van der Waals surface area (Å²) < 4.78 is 1.04. The molecule has 0 amide bonds. The van der Waals surface area contributed by atoms with E-state index in [1.165, 1.54) is 13.1 Å². The predicted octanol–water partition coefficient (Wildman–Crippen LogP) is -0.718. The number of aromatic nitrogens is 2. The number of anilines is 1. The lowest BCUT2D eigenvalue weighted by Crippen LogP contribution is -2.41. The molecule has 0 bridgehead atoms. The molecule has 0 radical (unpaired) electrons. The first-order valence-corrected chi connectivity index (χ1v) is 5.78. The van der Waals surface area contributed by atoms with Crippen LogP contribution in [0.2, 0.25) is 0 Å². The quantitative estimate of drug-likeness (QED) is 0.714. The fourth-order valence-electron chi connectivity index (χ4n) is 2.15. The van der Waals surface area contributed by atoms with Crippen LogP contribution in [0.5, 0.6) is 0 Å². The summed E-state index contributed by atoms with van der Waals surface area (Å²) in [6.07, 6.45) is 1.95. The Bertz CT molecular complexity index is 474. The van der Waals surface area contributed by atoms with Gasteiger partial charge in [-0.2, -0.15) is 0 Å². The van der Waals surface area contributed by atoms with E-state index in [0.29, 0.717) is 12.4 Å². The third kappa shape index (κ3) is 2.41. The number of piperidine rings is 1. The Morgan fingerprint density at radius 1 is 1.53 bits per heavy atom. The normalized spacial score (nSPS) is 20.6. The highest BCUT2D eigenvalue weighted by atomic mass is 16.3. The van der Waals surface area contributed by atoms with Crippen molar-refractivity contribution >= 4 is 5.82 Å². The van der Waals surface area contributed by atoms with Gasteiger partial charge in [0.2, 0.25) is 0 Å². The fourth-order valence-corrected chi connectivity index (χ4v) is 2.15. The van der Waals surface area contributed by atoms with Gasteiger partial charge < -0.3 is 10.0 Å². The zero-order chi connectivity index (χ0) is 12.4. The molecule has 1 unspecified atom stereocenters. The van der Waals surface area contributed by atoms with Gasteiger partial charge in [0.25, 0.3) is 5.56 Å². The molecule has 94 valence electrons. The highest BCUT2D eigenvalue weighted by Gasteiger charge is 2.20. The molecule has 1 aliphatic rings. The van der Waals surface area contributed by atoms with Crippen LogP contribution in [0.15, 0.2) is 15.7 Å². The minimum atomic E-state index is -0.404. The average Bonchev–Trinajstić information content (AvgIpc) is 2.35. The van der Waals surface area contributed by atoms with Crippen LogP contribution in [-0.2, 0) is 7.05 Å². The molecule has 1 atom stereocenters. The standard InChI is InChI=1S/C11H17N3O3/c1-13-10(16)5-9(12-11(13)17)14-4-2-3-8(6-14)7-15/h5,8,15H,2-4,6-7H2,1H3,(H,12,17). The Morgan fingerprint density at radius 2 is 2.29 bits per heavy atom. The number of H-pyrrole nitrogens is 1. The highest BCUT2D eigenvalue weighted by molar-refractivity contribution is 5.37. The predicted molar refractivity (Wildman–Crippen MR) is 64.3 cm³/mol. The monoisotopic (exact) mass is 239 g/mol. The third-order valence-electron chi connectivity index (χ3n) is 3.25. The molecule has 2 rings (SSSR count). The molecule has 1 aliphatic heterocycles. The zero-order valence-corrected chi connectivity index (χ0v) is 9.85. The van der Waals surface area contributed by atoms with Gasteiger partial charge in [0.1, 0.15) is 5.82 Å². The van der Waals surface area contributed by atoms with Crippen molar-refractivity contribution in [1.29, 1.82) is 0 Å². The van der Waals surface area contributed by atoms with Crippen LogP contribution in [0, 0.1) is 5.92 Å². The van der Waals surface area contributed by atoms with Gasteiger partial charge in [-0.3, -0.25) is 14.3 Å². The fraction of sp³-hybridized carbons (Fsp3) is 0.636. The lowest BCUT2D eigenvalue weighted by atomic mass is 9.99. The number of aliphatic hydroxyl groups excluding tert-OH is 1. The number of rotatable bonds is 2. The number of nitrogens with zero attached hydrogens (tertiary/aromatic N) is 2. The van der Waals surface area contributed by atoms with E-state index < -0.39 is 5.69 Å². The summed E-state index contributed by atoms with van der Waals surface area (Å²) in [6.45, 7) is 1.63. The molecule has 2 heterocycles. The van der Waals surface area contributed by atoms with E-state index in [9.17, 15) is 9.59 Å². The summed E-state index contributed by atoms with van der Waals surface area (Å²) in [6, 6.07) is 1.43. The average molecular weight is 239 g/mol. The van der Waals surface area contributed by atoms with Crippen LogP contribution in [0.3, 0.4) is 0 Å². The van der Waals surface area contributed by atoms with Crippen molar-refractivity contribution in [2.75, 3.05) is 24.6 Å². The van der Waals surface area contributed by atoms with Gasteiger partial charge in [-0.15, -0.1) is 0 Å². The molecule has 1 fully saturated rings. The summed E-state index contributed by atoms with van der Waals surface area (Å²) in [7, 11) is 1.44. The maximum absolute atomic E-state index is 11.5. The number of nitrogens with one attached hydrogen (secondary N) is 1. The maximum Gasteiger partial charge on any atom is 0.329 e. The summed E-state index contributed by atoms with van der Waals surface area (Å²) in [5.74, 6) is 0.771. The Labute approximate surface area is 98.5 Å². The molecule has 1 saturated heterocycles. The van der Waals surface area contributed by atoms with Gasteiger partial charge in [-0.25, -0.2) is 4.79 Å². The number of aromatic amines is 1. The first-order valence-electron chi connectivity index (χ1n) is 5.78. The van der Waals surface area contributed by atoms with Gasteiger partial charge in [-0.05, 0) is 18.8 Å². The summed E-state index contributed by atoms with van der Waals surface area (Å²) in [5, 5.41) is 9.14. The second kappa shape index (κ2) is 4.75. The molecule has 17 heavy (non-hydrogen) atoms. The lowest BCUT2D eigenvalue weighted by molar-refractivity contribution is 0.208. The summed E-state index contributed by atoms with van der Waals surface area (Å²) in [5.41, 5.74) is -0.714. The van der Waals surface area contributed by atoms with Crippen molar-refractivity contribution in [3.8, 4) is 0 Å². The minimum absolute atomic E-state index is 0.144. The second-order valence-corrected chi connectivity index (χ2v) is 4.49. The van der Waals surface area contributed by atoms with Crippen LogP contribution >= 0.6 is 0 Å². The summed E-state index contributed by atoms with van der Waals surface area (Å²) >= 11 is 0. The molecular formula is C11H17N3O3. The number of hydrogen-bond acceptors (Lipinski definition) is 4. The molecule has 0 saturated carbocycles. The van der Waals surface area contributed by atoms with E-state index in [2.05, 4.69) is 4.98 Å². The lowest BCUT2D eigenvalue weighted by Gasteiger charge is -2.32. The van der Waals surface area contributed by atoms with E-state index in [1.54, 1.807) is 0 Å². The molecule has 6 nitrogen and oxygen atoms in total. The van der Waals surface area contributed by atoms with Crippen LogP contribution in [0.4, 0.5) is 5.82 Å². The molecule has 0 aromatic carbocycles. The van der Waals surface area contributed by atoms with Gasteiger partial charge in [0.15, 0.2) is 0 Å². The Morgan fingerprint density at radius 3 is 2.94 bits per heavy atom.